The molecule has 5 nitrogen and oxygen atoms in total. The Morgan fingerprint density at radius 3 is 3.30 bits per heavy atom. The van der Waals surface area contributed by atoms with E-state index in [-0.39, 0.29) is 0 Å². The standard InChI is InChI=1S/C14H20N4OS/c1-11-10-15-6-8-18(11)7-2-5-13-16-14(17-19-13)12-4-3-9-20-12/h3-4,9,11,15H,2,5-8,10H2,1H3/t11-/m0/s1. The molecule has 0 amide bonds. The number of aryl methyl sites for hydroxylation is 1. The minimum atomic E-state index is 0.619. The zero-order valence-corrected chi connectivity index (χ0v) is 12.5. The fourth-order valence-corrected chi connectivity index (χ4v) is 3.16. The van der Waals surface area contributed by atoms with Crippen molar-refractivity contribution in [2.24, 2.45) is 0 Å². The molecule has 0 unspecified atom stereocenters. The average molecular weight is 292 g/mol. The largest absolute Gasteiger partial charge is 0.339 e. The summed E-state index contributed by atoms with van der Waals surface area (Å²) in [6, 6.07) is 4.64. The SMILES string of the molecule is C[C@H]1CNCCN1CCCc1nc(-c2cccs2)no1. The molecule has 108 valence electrons. The predicted molar refractivity (Wildman–Crippen MR) is 79.8 cm³/mol. The first-order chi connectivity index (χ1) is 9.83. The molecule has 2 aromatic rings. The summed E-state index contributed by atoms with van der Waals surface area (Å²) < 4.78 is 5.32. The van der Waals surface area contributed by atoms with E-state index in [0.29, 0.717) is 11.9 Å². The Kier molecular flexibility index (Phi) is 4.44. The van der Waals surface area contributed by atoms with Gasteiger partial charge in [-0.1, -0.05) is 11.2 Å². The van der Waals surface area contributed by atoms with Gasteiger partial charge in [-0.05, 0) is 31.3 Å². The highest BCUT2D eigenvalue weighted by Crippen LogP contribution is 2.21. The molecule has 1 aliphatic heterocycles. The van der Waals surface area contributed by atoms with E-state index in [1.807, 2.05) is 17.5 Å². The first-order valence-electron chi connectivity index (χ1n) is 7.14. The second-order valence-electron chi connectivity index (χ2n) is 5.18. The van der Waals surface area contributed by atoms with Gasteiger partial charge in [0.05, 0.1) is 4.88 Å². The van der Waals surface area contributed by atoms with Crippen molar-refractivity contribution in [1.29, 1.82) is 0 Å². The third kappa shape index (κ3) is 3.26. The fourth-order valence-electron chi connectivity index (χ4n) is 2.51. The van der Waals surface area contributed by atoms with Crippen LogP contribution in [-0.2, 0) is 6.42 Å². The fraction of sp³-hybridized carbons (Fsp3) is 0.571. The van der Waals surface area contributed by atoms with Crippen LogP contribution >= 0.6 is 11.3 Å². The maximum atomic E-state index is 5.32. The van der Waals surface area contributed by atoms with Crippen molar-refractivity contribution in [2.75, 3.05) is 26.2 Å². The molecule has 1 aliphatic rings. The van der Waals surface area contributed by atoms with E-state index >= 15 is 0 Å². The van der Waals surface area contributed by atoms with Crippen LogP contribution in [0.4, 0.5) is 0 Å². The van der Waals surface area contributed by atoms with Crippen LogP contribution in [0.15, 0.2) is 22.0 Å². The maximum Gasteiger partial charge on any atom is 0.227 e. The van der Waals surface area contributed by atoms with Crippen LogP contribution in [-0.4, -0.2) is 47.3 Å². The first-order valence-corrected chi connectivity index (χ1v) is 8.02. The van der Waals surface area contributed by atoms with Gasteiger partial charge in [0.25, 0.3) is 0 Å². The summed E-state index contributed by atoms with van der Waals surface area (Å²) >= 11 is 1.64. The molecule has 20 heavy (non-hydrogen) atoms. The van der Waals surface area contributed by atoms with Crippen LogP contribution < -0.4 is 5.32 Å². The van der Waals surface area contributed by atoms with E-state index < -0.39 is 0 Å². The third-order valence-electron chi connectivity index (χ3n) is 3.68. The second kappa shape index (κ2) is 6.47. The molecular formula is C14H20N4OS. The van der Waals surface area contributed by atoms with E-state index in [4.69, 9.17) is 4.52 Å². The maximum absolute atomic E-state index is 5.32. The minimum absolute atomic E-state index is 0.619. The molecule has 2 aromatic heterocycles. The average Bonchev–Trinajstić information content (AvgIpc) is 3.11. The van der Waals surface area contributed by atoms with Gasteiger partial charge in [-0.25, -0.2) is 0 Å². The minimum Gasteiger partial charge on any atom is -0.339 e. The lowest BCUT2D eigenvalue weighted by Gasteiger charge is -2.33. The molecule has 0 aromatic carbocycles. The molecule has 0 radical (unpaired) electrons. The molecule has 3 heterocycles. The van der Waals surface area contributed by atoms with Crippen LogP contribution in [0, 0.1) is 0 Å². The van der Waals surface area contributed by atoms with Crippen LogP contribution in [0.25, 0.3) is 10.7 Å². The second-order valence-corrected chi connectivity index (χ2v) is 6.13. The van der Waals surface area contributed by atoms with Gasteiger partial charge in [0.15, 0.2) is 0 Å². The highest BCUT2D eigenvalue weighted by molar-refractivity contribution is 7.13. The summed E-state index contributed by atoms with van der Waals surface area (Å²) in [5, 5.41) is 9.47. The lowest BCUT2D eigenvalue weighted by molar-refractivity contribution is 0.170. The van der Waals surface area contributed by atoms with Crippen LogP contribution in [0.5, 0.6) is 0 Å². The molecule has 0 spiro atoms. The van der Waals surface area contributed by atoms with E-state index in [1.165, 1.54) is 0 Å². The topological polar surface area (TPSA) is 54.2 Å². The van der Waals surface area contributed by atoms with Gasteiger partial charge < -0.3 is 9.84 Å². The van der Waals surface area contributed by atoms with Gasteiger partial charge in [0.1, 0.15) is 0 Å². The Bertz CT molecular complexity index is 525. The Morgan fingerprint density at radius 2 is 2.50 bits per heavy atom. The van der Waals surface area contributed by atoms with Gasteiger partial charge in [0.2, 0.25) is 11.7 Å². The zero-order chi connectivity index (χ0) is 13.8. The Morgan fingerprint density at radius 1 is 1.55 bits per heavy atom. The van der Waals surface area contributed by atoms with Gasteiger partial charge in [0, 0.05) is 32.1 Å². The number of aromatic nitrogens is 2. The van der Waals surface area contributed by atoms with Crippen LogP contribution in [0.2, 0.25) is 0 Å². The summed E-state index contributed by atoms with van der Waals surface area (Å²) in [4.78, 5) is 8.04. The molecule has 6 heteroatoms. The summed E-state index contributed by atoms with van der Waals surface area (Å²) in [6.07, 6.45) is 1.92. The summed E-state index contributed by atoms with van der Waals surface area (Å²) in [6.45, 7) is 6.68. The summed E-state index contributed by atoms with van der Waals surface area (Å²) in [7, 11) is 0. The van der Waals surface area contributed by atoms with E-state index in [2.05, 4.69) is 27.3 Å². The third-order valence-corrected chi connectivity index (χ3v) is 4.55. The van der Waals surface area contributed by atoms with E-state index in [1.54, 1.807) is 11.3 Å². The lowest BCUT2D eigenvalue weighted by atomic mass is 10.2. The molecule has 1 atom stereocenters. The quantitative estimate of drug-likeness (QED) is 0.914. The summed E-state index contributed by atoms with van der Waals surface area (Å²) in [5.74, 6) is 1.46. The zero-order valence-electron chi connectivity index (χ0n) is 11.7. The lowest BCUT2D eigenvalue weighted by Crippen LogP contribution is -2.49. The normalized spacial score (nSPS) is 20.4. The first kappa shape index (κ1) is 13.7. The number of hydrogen-bond acceptors (Lipinski definition) is 6. The highest BCUT2D eigenvalue weighted by Gasteiger charge is 2.17. The van der Waals surface area contributed by atoms with Gasteiger partial charge >= 0.3 is 0 Å². The van der Waals surface area contributed by atoms with E-state index in [0.717, 1.165) is 49.8 Å². The molecule has 1 saturated heterocycles. The molecule has 0 aliphatic carbocycles. The smallest absolute Gasteiger partial charge is 0.227 e. The van der Waals surface area contributed by atoms with Crippen molar-refractivity contribution in [3.63, 3.8) is 0 Å². The van der Waals surface area contributed by atoms with Crippen molar-refractivity contribution in [3.05, 3.63) is 23.4 Å². The van der Waals surface area contributed by atoms with Gasteiger partial charge in [-0.15, -0.1) is 11.3 Å². The molecule has 3 rings (SSSR count). The van der Waals surface area contributed by atoms with Crippen molar-refractivity contribution in [1.82, 2.24) is 20.4 Å². The van der Waals surface area contributed by atoms with Crippen LogP contribution in [0.3, 0.4) is 0 Å². The monoisotopic (exact) mass is 292 g/mol. The Balaban J connectivity index is 1.49. The molecular weight excluding hydrogens is 272 g/mol. The summed E-state index contributed by atoms with van der Waals surface area (Å²) in [5.41, 5.74) is 0. The highest BCUT2D eigenvalue weighted by atomic mass is 32.1. The number of rotatable bonds is 5. The van der Waals surface area contributed by atoms with Crippen molar-refractivity contribution < 1.29 is 4.52 Å². The number of nitrogens with zero attached hydrogens (tertiary/aromatic N) is 3. The number of piperazine rings is 1. The molecule has 0 saturated carbocycles. The molecule has 1 fully saturated rings. The van der Waals surface area contributed by atoms with Crippen molar-refractivity contribution >= 4 is 11.3 Å². The van der Waals surface area contributed by atoms with Gasteiger partial charge in [-0.2, -0.15) is 4.98 Å². The predicted octanol–water partition coefficient (Wildman–Crippen LogP) is 2.02. The van der Waals surface area contributed by atoms with Gasteiger partial charge in [-0.3, -0.25) is 4.90 Å². The molecule has 0 bridgehead atoms. The van der Waals surface area contributed by atoms with E-state index in [9.17, 15) is 0 Å². The van der Waals surface area contributed by atoms with Crippen molar-refractivity contribution in [2.45, 2.75) is 25.8 Å². The van der Waals surface area contributed by atoms with Crippen LogP contribution in [0.1, 0.15) is 19.2 Å². The molecule has 1 N–H and O–H groups in total. The number of hydrogen-bond donors (Lipinski definition) is 1. The number of nitrogens with one attached hydrogen (secondary N) is 1. The Labute approximate surface area is 123 Å². The van der Waals surface area contributed by atoms with Crippen molar-refractivity contribution in [3.8, 4) is 10.7 Å². The number of thiophene rings is 1. The Hall–Kier alpha value is -1.24.